The molecule has 2 nitrogen and oxygen atoms in total. The van der Waals surface area contributed by atoms with Gasteiger partial charge >= 0.3 is 0 Å². The molecule has 0 bridgehead atoms. The van der Waals surface area contributed by atoms with Crippen LogP contribution in [-0.2, 0) is 6.42 Å². The Morgan fingerprint density at radius 1 is 1.19 bits per heavy atom. The fourth-order valence-corrected chi connectivity index (χ4v) is 3.34. The molecule has 0 aliphatic carbocycles. The molecule has 2 aromatic carbocycles. The third-order valence-corrected chi connectivity index (χ3v) is 4.54. The molecule has 1 aliphatic heterocycles. The molecule has 1 atom stereocenters. The van der Waals surface area contributed by atoms with Crippen LogP contribution in [0.1, 0.15) is 37.9 Å². The van der Waals surface area contributed by atoms with E-state index in [4.69, 9.17) is 4.74 Å². The number of halogens is 1. The van der Waals surface area contributed by atoms with Gasteiger partial charge in [0.15, 0.2) is 0 Å². The first-order valence-corrected chi connectivity index (χ1v) is 8.13. The van der Waals surface area contributed by atoms with Crippen molar-refractivity contribution in [3.8, 4) is 5.75 Å². The van der Waals surface area contributed by atoms with Gasteiger partial charge in [-0.3, -0.25) is 0 Å². The van der Waals surface area contributed by atoms with E-state index in [0.29, 0.717) is 0 Å². The van der Waals surface area contributed by atoms with Crippen molar-refractivity contribution in [2.75, 3.05) is 5.32 Å². The Morgan fingerprint density at radius 3 is 2.71 bits per heavy atom. The van der Waals surface area contributed by atoms with E-state index < -0.39 is 0 Å². The van der Waals surface area contributed by atoms with Gasteiger partial charge in [-0.05, 0) is 50.1 Å². The van der Waals surface area contributed by atoms with E-state index in [1.54, 1.807) is 0 Å². The Morgan fingerprint density at radius 2 is 1.95 bits per heavy atom. The fourth-order valence-electron chi connectivity index (χ4n) is 2.93. The van der Waals surface area contributed by atoms with Crippen molar-refractivity contribution in [3.05, 3.63) is 58.1 Å². The number of para-hydroxylation sites is 1. The van der Waals surface area contributed by atoms with E-state index in [1.807, 2.05) is 12.1 Å². The molecule has 0 aromatic heterocycles. The first-order chi connectivity index (χ1) is 10.0. The van der Waals surface area contributed by atoms with Crippen LogP contribution in [0.2, 0.25) is 0 Å². The Bertz CT molecular complexity index is 666. The molecule has 0 radical (unpaired) electrons. The maximum Gasteiger partial charge on any atom is 0.128 e. The summed E-state index contributed by atoms with van der Waals surface area (Å²) in [5.41, 5.74) is 3.46. The van der Waals surface area contributed by atoms with E-state index in [0.717, 1.165) is 16.6 Å². The predicted molar refractivity (Wildman–Crippen MR) is 91.0 cm³/mol. The van der Waals surface area contributed by atoms with Gasteiger partial charge < -0.3 is 10.1 Å². The number of nitrogens with one attached hydrogen (secondary N) is 1. The largest absolute Gasteiger partial charge is 0.485 e. The van der Waals surface area contributed by atoms with Crippen LogP contribution < -0.4 is 10.1 Å². The molecule has 1 heterocycles. The van der Waals surface area contributed by atoms with Gasteiger partial charge in [0.1, 0.15) is 11.4 Å². The average molecular weight is 346 g/mol. The number of aryl methyl sites for hydroxylation is 1. The van der Waals surface area contributed by atoms with Crippen LogP contribution in [0.3, 0.4) is 0 Å². The lowest BCUT2D eigenvalue weighted by atomic mass is 9.93. The van der Waals surface area contributed by atoms with Crippen molar-refractivity contribution in [3.63, 3.8) is 0 Å². The highest BCUT2D eigenvalue weighted by molar-refractivity contribution is 9.10. The Hall–Kier alpha value is -1.48. The summed E-state index contributed by atoms with van der Waals surface area (Å²) in [4.78, 5) is 0. The van der Waals surface area contributed by atoms with Gasteiger partial charge in [-0.25, -0.2) is 0 Å². The second kappa shape index (κ2) is 5.38. The monoisotopic (exact) mass is 345 g/mol. The van der Waals surface area contributed by atoms with Crippen molar-refractivity contribution < 1.29 is 4.74 Å². The van der Waals surface area contributed by atoms with Gasteiger partial charge in [-0.2, -0.15) is 0 Å². The SMILES string of the molecule is CCc1cc(Br)ccc1NC1c2ccccc2OC1(C)C. The molecule has 3 heteroatoms. The quantitative estimate of drug-likeness (QED) is 0.810. The molecule has 3 rings (SSSR count). The summed E-state index contributed by atoms with van der Waals surface area (Å²) in [5, 5.41) is 3.69. The third-order valence-electron chi connectivity index (χ3n) is 4.05. The lowest BCUT2D eigenvalue weighted by Crippen LogP contribution is -2.35. The van der Waals surface area contributed by atoms with Crippen molar-refractivity contribution in [1.29, 1.82) is 0 Å². The van der Waals surface area contributed by atoms with E-state index in [-0.39, 0.29) is 11.6 Å². The number of hydrogen-bond acceptors (Lipinski definition) is 2. The van der Waals surface area contributed by atoms with Crippen molar-refractivity contribution >= 4 is 21.6 Å². The number of ether oxygens (including phenoxy) is 1. The number of hydrogen-bond donors (Lipinski definition) is 1. The molecule has 0 spiro atoms. The summed E-state index contributed by atoms with van der Waals surface area (Å²) in [6.45, 7) is 6.45. The number of anilines is 1. The van der Waals surface area contributed by atoms with Crippen molar-refractivity contribution in [2.24, 2.45) is 0 Å². The molecule has 1 unspecified atom stereocenters. The van der Waals surface area contributed by atoms with Crippen LogP contribution in [0, 0.1) is 0 Å². The van der Waals surface area contributed by atoms with Crippen LogP contribution in [0.5, 0.6) is 5.75 Å². The number of fused-ring (bicyclic) bond motifs is 1. The van der Waals surface area contributed by atoms with Crippen LogP contribution in [0.4, 0.5) is 5.69 Å². The molecule has 0 saturated carbocycles. The molecular weight excluding hydrogens is 326 g/mol. The van der Waals surface area contributed by atoms with E-state index in [9.17, 15) is 0 Å². The molecule has 110 valence electrons. The first kappa shape index (κ1) is 14.5. The summed E-state index contributed by atoms with van der Waals surface area (Å²) >= 11 is 3.55. The summed E-state index contributed by atoms with van der Waals surface area (Å²) in [6, 6.07) is 14.8. The lowest BCUT2D eigenvalue weighted by molar-refractivity contribution is 0.118. The fraction of sp³-hybridized carbons (Fsp3) is 0.333. The van der Waals surface area contributed by atoms with Crippen molar-refractivity contribution in [1.82, 2.24) is 0 Å². The van der Waals surface area contributed by atoms with Crippen molar-refractivity contribution in [2.45, 2.75) is 38.8 Å². The molecular formula is C18H20BrNO. The Labute approximate surface area is 134 Å². The van der Waals surface area contributed by atoms with Crippen LogP contribution in [-0.4, -0.2) is 5.60 Å². The summed E-state index contributed by atoms with van der Waals surface area (Å²) in [6.07, 6.45) is 0.997. The minimum absolute atomic E-state index is 0.153. The molecule has 2 aromatic rings. The second-order valence-corrected chi connectivity index (χ2v) is 6.89. The molecule has 1 N–H and O–H groups in total. The highest BCUT2D eigenvalue weighted by Gasteiger charge is 2.41. The van der Waals surface area contributed by atoms with Gasteiger partial charge in [-0.1, -0.05) is 41.1 Å². The first-order valence-electron chi connectivity index (χ1n) is 7.34. The smallest absolute Gasteiger partial charge is 0.128 e. The van der Waals surface area contributed by atoms with Crippen LogP contribution >= 0.6 is 15.9 Å². The van der Waals surface area contributed by atoms with Gasteiger partial charge in [0.25, 0.3) is 0 Å². The molecule has 0 fully saturated rings. The molecule has 0 amide bonds. The maximum absolute atomic E-state index is 6.10. The van der Waals surface area contributed by atoms with E-state index >= 15 is 0 Å². The normalized spacial score (nSPS) is 19.0. The van der Waals surface area contributed by atoms with Gasteiger partial charge in [0.05, 0.1) is 6.04 Å². The van der Waals surface area contributed by atoms with Gasteiger partial charge in [0, 0.05) is 15.7 Å². The van der Waals surface area contributed by atoms with Gasteiger partial charge in [-0.15, -0.1) is 0 Å². The van der Waals surface area contributed by atoms with Crippen LogP contribution in [0.15, 0.2) is 46.9 Å². The zero-order valence-electron chi connectivity index (χ0n) is 12.6. The Balaban J connectivity index is 1.97. The lowest BCUT2D eigenvalue weighted by Gasteiger charge is -2.29. The molecule has 0 saturated heterocycles. The van der Waals surface area contributed by atoms with Gasteiger partial charge in [0.2, 0.25) is 0 Å². The predicted octanol–water partition coefficient (Wildman–Crippen LogP) is 5.34. The minimum atomic E-state index is -0.262. The standard InChI is InChI=1S/C18H20BrNO/c1-4-12-11-13(19)9-10-15(12)20-17-14-7-5-6-8-16(14)21-18(17,2)3/h5-11,17,20H,4H2,1-3H3. The zero-order valence-corrected chi connectivity index (χ0v) is 14.2. The highest BCUT2D eigenvalue weighted by Crippen LogP contribution is 2.44. The number of rotatable bonds is 3. The topological polar surface area (TPSA) is 21.3 Å². The molecule has 21 heavy (non-hydrogen) atoms. The number of benzene rings is 2. The van der Waals surface area contributed by atoms with E-state index in [2.05, 4.69) is 72.3 Å². The summed E-state index contributed by atoms with van der Waals surface area (Å²) < 4.78 is 7.22. The maximum atomic E-state index is 6.10. The van der Waals surface area contributed by atoms with E-state index in [1.165, 1.54) is 16.8 Å². The second-order valence-electron chi connectivity index (χ2n) is 5.98. The average Bonchev–Trinajstić information content (AvgIpc) is 2.71. The highest BCUT2D eigenvalue weighted by atomic mass is 79.9. The zero-order chi connectivity index (χ0) is 15.0. The minimum Gasteiger partial charge on any atom is -0.485 e. The third kappa shape index (κ3) is 2.67. The summed E-state index contributed by atoms with van der Waals surface area (Å²) in [5.74, 6) is 0.982. The summed E-state index contributed by atoms with van der Waals surface area (Å²) in [7, 11) is 0. The molecule has 1 aliphatic rings. The Kier molecular flexibility index (Phi) is 3.70. The van der Waals surface area contributed by atoms with Crippen LogP contribution in [0.25, 0.3) is 0 Å².